The normalized spacial score (nSPS) is 17.6. The zero-order valence-corrected chi connectivity index (χ0v) is 12.1. The second-order valence-electron chi connectivity index (χ2n) is 4.90. The number of thiophene rings is 1. The van der Waals surface area contributed by atoms with Gasteiger partial charge in [0.1, 0.15) is 0 Å². The predicted molar refractivity (Wildman–Crippen MR) is 81.8 cm³/mol. The minimum absolute atomic E-state index is 0.202. The monoisotopic (exact) mass is 283 g/mol. The first-order valence-electron chi connectivity index (χ1n) is 6.87. The van der Waals surface area contributed by atoms with Crippen LogP contribution in [0.15, 0.2) is 41.8 Å². The molecule has 1 aliphatic rings. The molecule has 0 spiro atoms. The summed E-state index contributed by atoms with van der Waals surface area (Å²) in [4.78, 5) is 3.79. The zero-order valence-electron chi connectivity index (χ0n) is 11.2. The van der Waals surface area contributed by atoms with E-state index in [9.17, 15) is 5.26 Å². The lowest BCUT2D eigenvalue weighted by molar-refractivity contribution is 0.200. The Morgan fingerprint density at radius 1 is 1.15 bits per heavy atom. The fraction of sp³-hybridized carbons (Fsp3) is 0.312. The molecule has 4 heteroatoms. The second kappa shape index (κ2) is 6.19. The van der Waals surface area contributed by atoms with Gasteiger partial charge in [-0.1, -0.05) is 24.3 Å². The largest absolute Gasteiger partial charge is 0.314 e. The average Bonchev–Trinajstić information content (AvgIpc) is 3.03. The van der Waals surface area contributed by atoms with E-state index in [1.165, 1.54) is 4.88 Å². The number of hydrogen-bond donors (Lipinski definition) is 1. The summed E-state index contributed by atoms with van der Waals surface area (Å²) in [6.07, 6.45) is 0. The third-order valence-corrected chi connectivity index (χ3v) is 4.63. The Morgan fingerprint density at radius 2 is 1.95 bits per heavy atom. The van der Waals surface area contributed by atoms with Crippen molar-refractivity contribution >= 4 is 11.3 Å². The van der Waals surface area contributed by atoms with E-state index in [0.29, 0.717) is 0 Å². The molecular weight excluding hydrogens is 266 g/mol. The average molecular weight is 283 g/mol. The molecule has 1 atom stereocenters. The van der Waals surface area contributed by atoms with Crippen LogP contribution in [0.3, 0.4) is 0 Å². The topological polar surface area (TPSA) is 39.1 Å². The van der Waals surface area contributed by atoms with Crippen LogP contribution in [0.1, 0.15) is 22.0 Å². The zero-order chi connectivity index (χ0) is 13.8. The number of piperazine rings is 1. The van der Waals surface area contributed by atoms with E-state index in [2.05, 4.69) is 39.9 Å². The maximum atomic E-state index is 9.39. The van der Waals surface area contributed by atoms with Crippen LogP contribution in [0.2, 0.25) is 0 Å². The summed E-state index contributed by atoms with van der Waals surface area (Å²) >= 11 is 1.77. The number of rotatable bonds is 3. The van der Waals surface area contributed by atoms with Gasteiger partial charge in [0.25, 0.3) is 0 Å². The highest BCUT2D eigenvalue weighted by molar-refractivity contribution is 7.10. The Morgan fingerprint density at radius 3 is 2.65 bits per heavy atom. The van der Waals surface area contributed by atoms with Crippen LogP contribution in [0, 0.1) is 11.3 Å². The Kier molecular flexibility index (Phi) is 4.12. The maximum Gasteiger partial charge on any atom is 0.0995 e. The van der Waals surface area contributed by atoms with E-state index in [1.54, 1.807) is 11.3 Å². The molecule has 1 aromatic carbocycles. The van der Waals surface area contributed by atoms with Crippen LogP contribution in [0.5, 0.6) is 0 Å². The Labute approximate surface area is 123 Å². The lowest BCUT2D eigenvalue weighted by atomic mass is 9.98. The van der Waals surface area contributed by atoms with Crippen LogP contribution in [0.25, 0.3) is 0 Å². The first kappa shape index (κ1) is 13.3. The lowest BCUT2D eigenvalue weighted by Crippen LogP contribution is -2.45. The number of nitrogens with one attached hydrogen (secondary N) is 1. The molecule has 3 nitrogen and oxygen atoms in total. The van der Waals surface area contributed by atoms with Crippen molar-refractivity contribution in [2.45, 2.75) is 6.04 Å². The summed E-state index contributed by atoms with van der Waals surface area (Å²) in [5.41, 5.74) is 1.91. The van der Waals surface area contributed by atoms with Crippen molar-refractivity contribution < 1.29 is 0 Å². The van der Waals surface area contributed by atoms with Crippen LogP contribution < -0.4 is 5.32 Å². The predicted octanol–water partition coefficient (Wildman–Crippen LogP) is 2.61. The van der Waals surface area contributed by atoms with Crippen LogP contribution in [-0.4, -0.2) is 31.1 Å². The van der Waals surface area contributed by atoms with Gasteiger partial charge in [-0.3, -0.25) is 4.90 Å². The molecular formula is C16H17N3S. The van der Waals surface area contributed by atoms with E-state index < -0.39 is 0 Å². The molecule has 2 heterocycles. The van der Waals surface area contributed by atoms with Crippen molar-refractivity contribution in [2.75, 3.05) is 26.2 Å². The molecule has 1 saturated heterocycles. The van der Waals surface area contributed by atoms with Crippen molar-refractivity contribution in [2.24, 2.45) is 0 Å². The van der Waals surface area contributed by atoms with E-state index in [1.807, 2.05) is 18.2 Å². The molecule has 0 unspecified atom stereocenters. The van der Waals surface area contributed by atoms with Crippen LogP contribution >= 0.6 is 11.3 Å². The van der Waals surface area contributed by atoms with Crippen LogP contribution in [0.4, 0.5) is 0 Å². The smallest absolute Gasteiger partial charge is 0.0995 e. The number of benzene rings is 1. The maximum absolute atomic E-state index is 9.39. The lowest BCUT2D eigenvalue weighted by Gasteiger charge is -2.35. The highest BCUT2D eigenvalue weighted by Gasteiger charge is 2.26. The quantitative estimate of drug-likeness (QED) is 0.941. The fourth-order valence-corrected chi connectivity index (χ4v) is 3.63. The molecule has 0 bridgehead atoms. The number of nitriles is 1. The van der Waals surface area contributed by atoms with Crippen molar-refractivity contribution in [3.63, 3.8) is 0 Å². The van der Waals surface area contributed by atoms with Crippen molar-refractivity contribution in [1.29, 1.82) is 5.26 Å². The Hall–Kier alpha value is -1.67. The van der Waals surface area contributed by atoms with Gasteiger partial charge in [-0.25, -0.2) is 0 Å². The molecule has 0 amide bonds. The molecule has 2 aromatic rings. The number of nitrogens with zero attached hydrogens (tertiary/aromatic N) is 2. The molecule has 20 heavy (non-hydrogen) atoms. The van der Waals surface area contributed by atoms with Gasteiger partial charge in [-0.05, 0) is 23.1 Å². The molecule has 1 fully saturated rings. The second-order valence-corrected chi connectivity index (χ2v) is 5.88. The first-order valence-corrected chi connectivity index (χ1v) is 7.75. The molecule has 1 aromatic heterocycles. The minimum Gasteiger partial charge on any atom is -0.314 e. The van der Waals surface area contributed by atoms with E-state index in [-0.39, 0.29) is 6.04 Å². The molecule has 1 N–H and O–H groups in total. The minimum atomic E-state index is 0.202. The van der Waals surface area contributed by atoms with Crippen LogP contribution in [-0.2, 0) is 0 Å². The summed E-state index contributed by atoms with van der Waals surface area (Å²) in [6.45, 7) is 4.05. The van der Waals surface area contributed by atoms with Crippen molar-refractivity contribution in [3.8, 4) is 6.07 Å². The molecule has 3 rings (SSSR count). The van der Waals surface area contributed by atoms with Crippen molar-refractivity contribution in [3.05, 3.63) is 57.8 Å². The standard InChI is InChI=1S/C16H17N3S/c17-12-13-4-1-2-5-14(13)16(15-6-3-11-20-15)19-9-7-18-8-10-19/h1-6,11,16,18H,7-10H2/t16-/m0/s1. The van der Waals surface area contributed by atoms with E-state index in [0.717, 1.165) is 37.3 Å². The molecule has 0 radical (unpaired) electrons. The van der Waals surface area contributed by atoms with Gasteiger partial charge in [-0.15, -0.1) is 11.3 Å². The van der Waals surface area contributed by atoms with Gasteiger partial charge in [0.15, 0.2) is 0 Å². The highest BCUT2D eigenvalue weighted by atomic mass is 32.1. The van der Waals surface area contributed by atoms with E-state index >= 15 is 0 Å². The third-order valence-electron chi connectivity index (χ3n) is 3.71. The molecule has 102 valence electrons. The van der Waals surface area contributed by atoms with Gasteiger partial charge < -0.3 is 5.32 Å². The van der Waals surface area contributed by atoms with Gasteiger partial charge in [-0.2, -0.15) is 5.26 Å². The molecule has 0 saturated carbocycles. The van der Waals surface area contributed by atoms with Gasteiger partial charge >= 0.3 is 0 Å². The molecule has 0 aliphatic carbocycles. The fourth-order valence-electron chi connectivity index (χ4n) is 2.75. The highest BCUT2D eigenvalue weighted by Crippen LogP contribution is 2.33. The SMILES string of the molecule is N#Cc1ccccc1[C@@H](c1cccs1)N1CCNCC1. The van der Waals surface area contributed by atoms with Gasteiger partial charge in [0.05, 0.1) is 17.7 Å². The third kappa shape index (κ3) is 2.61. The van der Waals surface area contributed by atoms with Crippen molar-refractivity contribution in [1.82, 2.24) is 10.2 Å². The Bertz CT molecular complexity index is 594. The van der Waals surface area contributed by atoms with E-state index in [4.69, 9.17) is 0 Å². The van der Waals surface area contributed by atoms with Gasteiger partial charge in [0.2, 0.25) is 0 Å². The van der Waals surface area contributed by atoms with Gasteiger partial charge in [0, 0.05) is 31.1 Å². The summed E-state index contributed by atoms with van der Waals surface area (Å²) in [5.74, 6) is 0. The Balaban J connectivity index is 2.03. The summed E-state index contributed by atoms with van der Waals surface area (Å²) in [6, 6.07) is 14.8. The summed E-state index contributed by atoms with van der Waals surface area (Å²) in [5, 5.41) is 14.9. The summed E-state index contributed by atoms with van der Waals surface area (Å²) < 4.78 is 0. The summed E-state index contributed by atoms with van der Waals surface area (Å²) in [7, 11) is 0. The first-order chi connectivity index (χ1) is 9.90. The number of hydrogen-bond acceptors (Lipinski definition) is 4. The molecule has 1 aliphatic heterocycles.